The van der Waals surface area contributed by atoms with Gasteiger partial charge in [-0.15, -0.1) is 0 Å². The molecule has 0 unspecified atom stereocenters. The second kappa shape index (κ2) is 10.6. The first kappa shape index (κ1) is 20.8. The van der Waals surface area contributed by atoms with E-state index < -0.39 is 0 Å². The standard InChI is InChI=1S/C23H21ClN2O2S/c24-19-11-5-4-10-18(19)14-15-22(27)26-23(29)25-20-12-6-7-13-21(20)28-16-17-8-2-1-3-9-17/h1-13H,14-16H2,(H2,25,26,27,29). The Kier molecular flexibility index (Phi) is 7.61. The average molecular weight is 425 g/mol. The van der Waals surface area contributed by atoms with Gasteiger partial charge in [0.2, 0.25) is 5.91 Å². The Morgan fingerprint density at radius 1 is 0.931 bits per heavy atom. The topological polar surface area (TPSA) is 50.4 Å². The van der Waals surface area contributed by atoms with Crippen molar-refractivity contribution in [2.75, 3.05) is 5.32 Å². The third kappa shape index (κ3) is 6.59. The number of benzene rings is 3. The molecule has 4 nitrogen and oxygen atoms in total. The highest BCUT2D eigenvalue weighted by Gasteiger charge is 2.09. The van der Waals surface area contributed by atoms with Gasteiger partial charge in [-0.1, -0.05) is 72.3 Å². The van der Waals surface area contributed by atoms with Gasteiger partial charge in [-0.05, 0) is 48.0 Å². The molecule has 0 bridgehead atoms. The van der Waals surface area contributed by atoms with Crippen LogP contribution in [0.25, 0.3) is 0 Å². The van der Waals surface area contributed by atoms with E-state index in [9.17, 15) is 4.79 Å². The van der Waals surface area contributed by atoms with E-state index in [-0.39, 0.29) is 17.4 Å². The van der Waals surface area contributed by atoms with Crippen LogP contribution >= 0.6 is 23.8 Å². The van der Waals surface area contributed by atoms with Crippen LogP contribution in [0.3, 0.4) is 0 Å². The number of para-hydroxylation sites is 2. The zero-order valence-corrected chi connectivity index (χ0v) is 17.3. The van der Waals surface area contributed by atoms with Gasteiger partial charge in [0.25, 0.3) is 0 Å². The van der Waals surface area contributed by atoms with Crippen LogP contribution in [0.2, 0.25) is 5.02 Å². The molecule has 0 aliphatic heterocycles. The Balaban J connectivity index is 1.52. The molecule has 148 valence electrons. The Labute approximate surface area is 180 Å². The van der Waals surface area contributed by atoms with Gasteiger partial charge in [0.1, 0.15) is 12.4 Å². The molecule has 0 atom stereocenters. The number of hydrogen-bond acceptors (Lipinski definition) is 3. The van der Waals surface area contributed by atoms with Crippen LogP contribution < -0.4 is 15.4 Å². The van der Waals surface area contributed by atoms with Crippen molar-refractivity contribution in [1.29, 1.82) is 0 Å². The van der Waals surface area contributed by atoms with E-state index in [0.29, 0.717) is 29.5 Å². The van der Waals surface area contributed by atoms with E-state index >= 15 is 0 Å². The predicted octanol–water partition coefficient (Wildman–Crippen LogP) is 5.36. The molecule has 0 saturated carbocycles. The Hall–Kier alpha value is -2.89. The van der Waals surface area contributed by atoms with Gasteiger partial charge in [-0.3, -0.25) is 4.79 Å². The van der Waals surface area contributed by atoms with E-state index in [1.807, 2.05) is 78.9 Å². The maximum absolute atomic E-state index is 12.2. The lowest BCUT2D eigenvalue weighted by molar-refractivity contribution is -0.119. The highest BCUT2D eigenvalue weighted by molar-refractivity contribution is 7.80. The summed E-state index contributed by atoms with van der Waals surface area (Å²) in [6.45, 7) is 0.441. The number of anilines is 1. The van der Waals surface area contributed by atoms with Crippen LogP contribution in [-0.2, 0) is 17.8 Å². The van der Waals surface area contributed by atoms with Crippen molar-refractivity contribution in [3.63, 3.8) is 0 Å². The predicted molar refractivity (Wildman–Crippen MR) is 121 cm³/mol. The molecule has 0 saturated heterocycles. The number of rotatable bonds is 7. The van der Waals surface area contributed by atoms with E-state index in [1.165, 1.54) is 0 Å². The summed E-state index contributed by atoms with van der Waals surface area (Å²) in [6.07, 6.45) is 0.836. The molecule has 1 amide bonds. The molecule has 0 radical (unpaired) electrons. The number of ether oxygens (including phenoxy) is 1. The van der Waals surface area contributed by atoms with Crippen molar-refractivity contribution >= 4 is 40.5 Å². The van der Waals surface area contributed by atoms with Crippen LogP contribution in [-0.4, -0.2) is 11.0 Å². The van der Waals surface area contributed by atoms with Gasteiger partial charge < -0.3 is 15.4 Å². The fourth-order valence-electron chi connectivity index (χ4n) is 2.72. The van der Waals surface area contributed by atoms with Crippen molar-refractivity contribution in [3.8, 4) is 5.75 Å². The van der Waals surface area contributed by atoms with E-state index in [4.69, 9.17) is 28.6 Å². The van der Waals surface area contributed by atoms with Crippen LogP contribution in [0, 0.1) is 0 Å². The van der Waals surface area contributed by atoms with E-state index in [2.05, 4.69) is 10.6 Å². The molecular weight excluding hydrogens is 404 g/mol. The van der Waals surface area contributed by atoms with Crippen molar-refractivity contribution < 1.29 is 9.53 Å². The number of amides is 1. The molecule has 0 aliphatic rings. The summed E-state index contributed by atoms with van der Waals surface area (Å²) < 4.78 is 5.90. The smallest absolute Gasteiger partial charge is 0.226 e. The third-order valence-corrected chi connectivity index (χ3v) is 4.78. The Morgan fingerprint density at radius 3 is 2.41 bits per heavy atom. The molecule has 0 spiro atoms. The van der Waals surface area contributed by atoms with Crippen molar-refractivity contribution in [2.24, 2.45) is 0 Å². The first-order valence-corrected chi connectivity index (χ1v) is 10.0. The van der Waals surface area contributed by atoms with Crippen molar-refractivity contribution in [2.45, 2.75) is 19.4 Å². The summed E-state index contributed by atoms with van der Waals surface area (Å²) >= 11 is 11.4. The van der Waals surface area contributed by atoms with Gasteiger partial charge in [0, 0.05) is 11.4 Å². The van der Waals surface area contributed by atoms with Gasteiger partial charge in [-0.25, -0.2) is 0 Å². The Morgan fingerprint density at radius 2 is 1.62 bits per heavy atom. The lowest BCUT2D eigenvalue weighted by atomic mass is 10.1. The van der Waals surface area contributed by atoms with Crippen LogP contribution in [0.4, 0.5) is 5.69 Å². The van der Waals surface area contributed by atoms with Gasteiger partial charge in [0.15, 0.2) is 5.11 Å². The van der Waals surface area contributed by atoms with Gasteiger partial charge in [-0.2, -0.15) is 0 Å². The lowest BCUT2D eigenvalue weighted by Crippen LogP contribution is -2.34. The minimum absolute atomic E-state index is 0.176. The fourth-order valence-corrected chi connectivity index (χ4v) is 3.18. The number of carbonyl (C=O) groups is 1. The zero-order chi connectivity index (χ0) is 20.5. The van der Waals surface area contributed by atoms with Gasteiger partial charge in [0.05, 0.1) is 5.69 Å². The van der Waals surface area contributed by atoms with E-state index in [1.54, 1.807) is 0 Å². The van der Waals surface area contributed by atoms with E-state index in [0.717, 1.165) is 11.1 Å². The second-order valence-electron chi connectivity index (χ2n) is 6.36. The molecule has 0 fully saturated rings. The molecule has 29 heavy (non-hydrogen) atoms. The first-order valence-electron chi connectivity index (χ1n) is 9.22. The largest absolute Gasteiger partial charge is 0.487 e. The molecular formula is C23H21ClN2O2S. The van der Waals surface area contributed by atoms with Gasteiger partial charge >= 0.3 is 0 Å². The number of carbonyl (C=O) groups excluding carboxylic acids is 1. The number of nitrogens with one attached hydrogen (secondary N) is 2. The molecule has 3 rings (SSSR count). The summed E-state index contributed by atoms with van der Waals surface area (Å²) in [5.74, 6) is 0.481. The molecule has 6 heteroatoms. The minimum Gasteiger partial charge on any atom is -0.487 e. The summed E-state index contributed by atoms with van der Waals surface area (Å²) in [5.41, 5.74) is 2.69. The number of halogens is 1. The number of aryl methyl sites for hydroxylation is 1. The quantitative estimate of drug-likeness (QED) is 0.501. The summed E-state index contributed by atoms with van der Waals surface area (Å²) in [6, 6.07) is 24.9. The minimum atomic E-state index is -0.176. The molecule has 2 N–H and O–H groups in total. The number of thiocarbonyl (C=S) groups is 1. The Bertz CT molecular complexity index is 979. The molecule has 3 aromatic rings. The lowest BCUT2D eigenvalue weighted by Gasteiger charge is -2.14. The fraction of sp³-hybridized carbons (Fsp3) is 0.130. The monoisotopic (exact) mass is 424 g/mol. The zero-order valence-electron chi connectivity index (χ0n) is 15.7. The maximum atomic E-state index is 12.2. The summed E-state index contributed by atoms with van der Waals surface area (Å²) in [5, 5.41) is 6.62. The van der Waals surface area contributed by atoms with Crippen molar-refractivity contribution in [3.05, 3.63) is 95.0 Å². The summed E-state index contributed by atoms with van der Waals surface area (Å²) in [7, 11) is 0. The van der Waals surface area contributed by atoms with Crippen LogP contribution in [0.15, 0.2) is 78.9 Å². The van der Waals surface area contributed by atoms with Crippen LogP contribution in [0.1, 0.15) is 17.5 Å². The molecule has 0 aromatic heterocycles. The maximum Gasteiger partial charge on any atom is 0.226 e. The highest BCUT2D eigenvalue weighted by atomic mass is 35.5. The normalized spacial score (nSPS) is 10.2. The first-order chi connectivity index (χ1) is 14.1. The molecule has 3 aromatic carbocycles. The number of hydrogen-bond donors (Lipinski definition) is 2. The highest BCUT2D eigenvalue weighted by Crippen LogP contribution is 2.24. The SMILES string of the molecule is O=C(CCc1ccccc1Cl)NC(=S)Nc1ccccc1OCc1ccccc1. The van der Waals surface area contributed by atoms with Crippen molar-refractivity contribution in [1.82, 2.24) is 5.32 Å². The van der Waals surface area contributed by atoms with Crippen LogP contribution in [0.5, 0.6) is 5.75 Å². The average Bonchev–Trinajstić information content (AvgIpc) is 2.73. The molecule has 0 heterocycles. The summed E-state index contributed by atoms with van der Waals surface area (Å²) in [4.78, 5) is 12.2. The third-order valence-electron chi connectivity index (χ3n) is 4.20. The second-order valence-corrected chi connectivity index (χ2v) is 7.18. The molecule has 0 aliphatic carbocycles.